The molecule has 1 aliphatic carbocycles. The van der Waals surface area contributed by atoms with E-state index in [1.54, 1.807) is 24.3 Å². The van der Waals surface area contributed by atoms with Crippen LogP contribution in [0.3, 0.4) is 0 Å². The van der Waals surface area contributed by atoms with Gasteiger partial charge in [0.1, 0.15) is 0 Å². The zero-order valence-corrected chi connectivity index (χ0v) is 11.7. The van der Waals surface area contributed by atoms with Gasteiger partial charge in [-0.2, -0.15) is 0 Å². The molecule has 3 nitrogen and oxygen atoms in total. The van der Waals surface area contributed by atoms with Crippen LogP contribution >= 0.6 is 0 Å². The predicted molar refractivity (Wildman–Crippen MR) is 79.0 cm³/mol. The van der Waals surface area contributed by atoms with Gasteiger partial charge in [0.2, 0.25) is 0 Å². The number of imide groups is 1. The topological polar surface area (TPSA) is 37.4 Å². The molecule has 2 atom stereocenters. The maximum atomic E-state index is 12.7. The molecule has 0 aromatic heterocycles. The van der Waals surface area contributed by atoms with Gasteiger partial charge in [-0.3, -0.25) is 14.5 Å². The quantitative estimate of drug-likeness (QED) is 0.751. The van der Waals surface area contributed by atoms with Crippen LogP contribution in [0.1, 0.15) is 44.8 Å². The molecule has 2 aromatic carbocycles. The van der Waals surface area contributed by atoms with Gasteiger partial charge in [0.05, 0.1) is 17.2 Å². The Morgan fingerprint density at radius 3 is 2.14 bits per heavy atom. The summed E-state index contributed by atoms with van der Waals surface area (Å²) < 4.78 is 0. The molecule has 2 amide bonds. The zero-order chi connectivity index (χ0) is 14.6. The van der Waals surface area contributed by atoms with Crippen molar-refractivity contribution in [1.82, 2.24) is 4.90 Å². The lowest BCUT2D eigenvalue weighted by molar-refractivity contribution is 0.0545. The van der Waals surface area contributed by atoms with Crippen LogP contribution in [0, 0.1) is 5.92 Å². The molecule has 3 heteroatoms. The normalized spacial score (nSPS) is 23.4. The molecule has 104 valence electrons. The Morgan fingerprint density at radius 1 is 0.905 bits per heavy atom. The third-order valence-electron chi connectivity index (χ3n) is 4.56. The van der Waals surface area contributed by atoms with E-state index in [0.29, 0.717) is 11.1 Å². The average molecular weight is 277 g/mol. The van der Waals surface area contributed by atoms with Gasteiger partial charge in [0.15, 0.2) is 0 Å². The lowest BCUT2D eigenvalue weighted by atomic mass is 10.0. The summed E-state index contributed by atoms with van der Waals surface area (Å²) in [7, 11) is 0. The first-order valence-electron chi connectivity index (χ1n) is 7.23. The number of hydrogen-bond donors (Lipinski definition) is 0. The van der Waals surface area contributed by atoms with Crippen molar-refractivity contribution in [3.63, 3.8) is 0 Å². The number of rotatable bonds is 1. The minimum absolute atomic E-state index is 0.145. The van der Waals surface area contributed by atoms with Gasteiger partial charge in [-0.15, -0.1) is 0 Å². The van der Waals surface area contributed by atoms with Crippen LogP contribution < -0.4 is 0 Å². The van der Waals surface area contributed by atoms with Crippen LogP contribution in [-0.4, -0.2) is 16.7 Å². The summed E-state index contributed by atoms with van der Waals surface area (Å²) in [6.45, 7) is 2.11. The number of hydrogen-bond acceptors (Lipinski definition) is 2. The van der Waals surface area contributed by atoms with Crippen molar-refractivity contribution in [2.24, 2.45) is 5.92 Å². The molecule has 0 bridgehead atoms. The molecule has 0 saturated heterocycles. The highest BCUT2D eigenvalue weighted by atomic mass is 16.2. The lowest BCUT2D eigenvalue weighted by Crippen LogP contribution is -2.35. The Morgan fingerprint density at radius 2 is 1.48 bits per heavy atom. The predicted octanol–water partition coefficient (Wildman–Crippen LogP) is 3.22. The van der Waals surface area contributed by atoms with Gasteiger partial charge in [-0.1, -0.05) is 43.3 Å². The summed E-state index contributed by atoms with van der Waals surface area (Å²) in [5, 5.41) is 0. The van der Waals surface area contributed by atoms with Gasteiger partial charge >= 0.3 is 0 Å². The third kappa shape index (κ3) is 1.60. The van der Waals surface area contributed by atoms with E-state index in [1.807, 2.05) is 18.2 Å². The van der Waals surface area contributed by atoms with Crippen molar-refractivity contribution in [3.8, 4) is 0 Å². The first kappa shape index (κ1) is 12.3. The maximum Gasteiger partial charge on any atom is 0.262 e. The molecule has 1 heterocycles. The number of benzene rings is 2. The Kier molecular flexibility index (Phi) is 2.52. The van der Waals surface area contributed by atoms with Gasteiger partial charge in [-0.25, -0.2) is 0 Å². The molecule has 4 rings (SSSR count). The van der Waals surface area contributed by atoms with Crippen molar-refractivity contribution in [3.05, 3.63) is 70.8 Å². The Balaban J connectivity index is 1.83. The maximum absolute atomic E-state index is 12.7. The van der Waals surface area contributed by atoms with Crippen LogP contribution in [0.15, 0.2) is 48.5 Å². The second kappa shape index (κ2) is 4.29. The third-order valence-corrected chi connectivity index (χ3v) is 4.56. The second-order valence-electron chi connectivity index (χ2n) is 5.85. The molecule has 0 radical (unpaired) electrons. The minimum atomic E-state index is -0.163. The molecule has 0 N–H and O–H groups in total. The van der Waals surface area contributed by atoms with E-state index in [0.717, 1.165) is 12.0 Å². The first-order valence-corrected chi connectivity index (χ1v) is 7.23. The van der Waals surface area contributed by atoms with E-state index in [9.17, 15) is 9.59 Å². The van der Waals surface area contributed by atoms with E-state index >= 15 is 0 Å². The van der Waals surface area contributed by atoms with Crippen LogP contribution in [0.2, 0.25) is 0 Å². The van der Waals surface area contributed by atoms with E-state index < -0.39 is 0 Å². The average Bonchev–Trinajstić information content (AvgIpc) is 2.95. The summed E-state index contributed by atoms with van der Waals surface area (Å²) in [6.07, 6.45) is 0.911. The molecule has 1 aliphatic heterocycles. The van der Waals surface area contributed by atoms with Crippen molar-refractivity contribution in [1.29, 1.82) is 0 Å². The minimum Gasteiger partial charge on any atom is -0.269 e. The highest BCUT2D eigenvalue weighted by molar-refractivity contribution is 6.21. The molecular weight excluding hydrogens is 262 g/mol. The monoisotopic (exact) mass is 277 g/mol. The van der Waals surface area contributed by atoms with Crippen LogP contribution in [0.25, 0.3) is 0 Å². The van der Waals surface area contributed by atoms with Crippen molar-refractivity contribution < 1.29 is 9.59 Å². The van der Waals surface area contributed by atoms with Crippen LogP contribution in [-0.2, 0) is 6.42 Å². The van der Waals surface area contributed by atoms with Gasteiger partial charge in [0, 0.05) is 0 Å². The van der Waals surface area contributed by atoms with E-state index in [4.69, 9.17) is 0 Å². The van der Waals surface area contributed by atoms with Crippen LogP contribution in [0.4, 0.5) is 0 Å². The summed E-state index contributed by atoms with van der Waals surface area (Å²) in [4.78, 5) is 26.8. The summed E-state index contributed by atoms with van der Waals surface area (Å²) in [5.74, 6) is -0.0714. The molecule has 2 aromatic rings. The number of carbonyl (C=O) groups is 2. The fraction of sp³-hybridized carbons (Fsp3) is 0.222. The smallest absolute Gasteiger partial charge is 0.262 e. The standard InChI is InChI=1S/C18H15NO2/c1-11-10-12-6-2-3-7-13(12)16(11)19-17(20)14-8-4-5-9-15(14)18(19)21/h2-9,11,16H,10H2,1H3/t11-,16+/m0/s1. The number of carbonyl (C=O) groups excluding carboxylic acids is 2. The Bertz CT molecular complexity index is 730. The highest BCUT2D eigenvalue weighted by Crippen LogP contribution is 2.43. The van der Waals surface area contributed by atoms with Crippen LogP contribution in [0.5, 0.6) is 0 Å². The van der Waals surface area contributed by atoms with E-state index in [1.165, 1.54) is 10.5 Å². The van der Waals surface area contributed by atoms with Gasteiger partial charge in [-0.05, 0) is 35.6 Å². The molecule has 2 aliphatic rings. The Hall–Kier alpha value is -2.42. The number of amides is 2. The van der Waals surface area contributed by atoms with Gasteiger partial charge in [0.25, 0.3) is 11.8 Å². The second-order valence-corrected chi connectivity index (χ2v) is 5.85. The summed E-state index contributed by atoms with van der Waals surface area (Å²) in [6, 6.07) is 15.0. The highest BCUT2D eigenvalue weighted by Gasteiger charge is 2.44. The van der Waals surface area contributed by atoms with Crippen molar-refractivity contribution >= 4 is 11.8 Å². The lowest BCUT2D eigenvalue weighted by Gasteiger charge is -2.26. The molecule has 0 spiro atoms. The molecular formula is C18H15NO2. The van der Waals surface area contributed by atoms with Gasteiger partial charge < -0.3 is 0 Å². The SMILES string of the molecule is C[C@H]1Cc2ccccc2[C@@H]1N1C(=O)c2ccccc2C1=O. The molecule has 0 saturated carbocycles. The molecule has 0 fully saturated rings. The largest absolute Gasteiger partial charge is 0.269 e. The fourth-order valence-corrected chi connectivity index (χ4v) is 3.63. The number of nitrogens with zero attached hydrogens (tertiary/aromatic N) is 1. The van der Waals surface area contributed by atoms with Crippen molar-refractivity contribution in [2.75, 3.05) is 0 Å². The Labute approximate surface area is 123 Å². The van der Waals surface area contributed by atoms with E-state index in [2.05, 4.69) is 13.0 Å². The first-order chi connectivity index (χ1) is 10.2. The van der Waals surface area contributed by atoms with E-state index in [-0.39, 0.29) is 23.8 Å². The fourth-order valence-electron chi connectivity index (χ4n) is 3.63. The summed E-state index contributed by atoms with van der Waals surface area (Å²) >= 11 is 0. The van der Waals surface area contributed by atoms with Crippen molar-refractivity contribution in [2.45, 2.75) is 19.4 Å². The molecule has 21 heavy (non-hydrogen) atoms. The number of fused-ring (bicyclic) bond motifs is 2. The summed E-state index contributed by atoms with van der Waals surface area (Å²) in [5.41, 5.74) is 3.41. The molecule has 0 unspecified atom stereocenters. The zero-order valence-electron chi connectivity index (χ0n) is 11.7.